The second-order valence-electron chi connectivity index (χ2n) is 8.36. The van der Waals surface area contributed by atoms with Gasteiger partial charge < -0.3 is 15.2 Å². The lowest BCUT2D eigenvalue weighted by Gasteiger charge is -2.30. The summed E-state index contributed by atoms with van der Waals surface area (Å²) in [5, 5.41) is 16.5. The predicted octanol–water partition coefficient (Wildman–Crippen LogP) is 0.441. The number of rotatable bonds is 5. The molecule has 8 nitrogen and oxygen atoms in total. The van der Waals surface area contributed by atoms with Gasteiger partial charge in [0.25, 0.3) is 0 Å². The fraction of sp³-hybridized carbons (Fsp3) is 0.571. The van der Waals surface area contributed by atoms with E-state index in [1.807, 2.05) is 26.0 Å². The smallest absolute Gasteiger partial charge is 0.250 e. The van der Waals surface area contributed by atoms with Crippen LogP contribution in [-0.4, -0.2) is 60.1 Å². The molecule has 3 aliphatic rings. The first-order valence-corrected chi connectivity index (χ1v) is 9.97. The number of anilines is 1. The van der Waals surface area contributed by atoms with E-state index in [0.717, 1.165) is 11.1 Å². The maximum absolute atomic E-state index is 13.4. The van der Waals surface area contributed by atoms with Gasteiger partial charge in [0.15, 0.2) is 0 Å². The minimum Gasteiger partial charge on any atom is -0.392 e. The largest absolute Gasteiger partial charge is 0.392 e. The van der Waals surface area contributed by atoms with Crippen LogP contribution in [0.25, 0.3) is 0 Å². The van der Waals surface area contributed by atoms with Gasteiger partial charge in [-0.15, -0.1) is 0 Å². The van der Waals surface area contributed by atoms with E-state index >= 15 is 0 Å². The molecule has 2 fully saturated rings. The lowest BCUT2D eigenvalue weighted by molar-refractivity contribution is -0.143. The first kappa shape index (κ1) is 20.0. The zero-order chi connectivity index (χ0) is 21.1. The zero-order valence-corrected chi connectivity index (χ0v) is 17.1. The molecule has 3 heterocycles. The van der Waals surface area contributed by atoms with Crippen molar-refractivity contribution < 1.29 is 24.2 Å². The SMILES string of the molecule is COCCCN1C(=O)[C@@H]2[C@H]([C@H](C)O)N[C@]3(C(=O)Nc4c(C)cc(C)cc43)[C@@H]2C1=O. The van der Waals surface area contributed by atoms with E-state index in [-0.39, 0.29) is 24.3 Å². The van der Waals surface area contributed by atoms with Gasteiger partial charge in [-0.3, -0.25) is 24.6 Å². The standard InChI is InChI=1S/C21H27N3O5/c1-10-8-11(2)16-13(9-10)21(20(28)22-16)15-14(17(23-21)12(3)25)18(26)24(19(15)27)6-5-7-29-4/h8-9,12,14-15,17,23,25H,5-7H2,1-4H3,(H,22,28)/t12-,14-,15-,17-,21-/m0/s1. The molecule has 2 saturated heterocycles. The predicted molar refractivity (Wildman–Crippen MR) is 105 cm³/mol. The van der Waals surface area contributed by atoms with Gasteiger partial charge in [-0.05, 0) is 32.8 Å². The molecular formula is C21H27N3O5. The van der Waals surface area contributed by atoms with Gasteiger partial charge in [0, 0.05) is 37.6 Å². The number of fused-ring (bicyclic) bond motifs is 4. The molecule has 3 N–H and O–H groups in total. The van der Waals surface area contributed by atoms with Crippen LogP contribution in [0.1, 0.15) is 30.0 Å². The molecule has 0 saturated carbocycles. The minimum atomic E-state index is -1.36. The summed E-state index contributed by atoms with van der Waals surface area (Å²) >= 11 is 0. The van der Waals surface area contributed by atoms with Crippen LogP contribution >= 0.6 is 0 Å². The summed E-state index contributed by atoms with van der Waals surface area (Å²) in [6.45, 7) is 6.08. The lowest BCUT2D eigenvalue weighted by Crippen LogP contribution is -2.54. The third-order valence-electron chi connectivity index (χ3n) is 6.44. The number of aliphatic hydroxyl groups excluding tert-OH is 1. The number of hydrogen-bond acceptors (Lipinski definition) is 6. The van der Waals surface area contributed by atoms with Crippen molar-refractivity contribution >= 4 is 23.4 Å². The van der Waals surface area contributed by atoms with Gasteiger partial charge in [-0.25, -0.2) is 0 Å². The highest BCUT2D eigenvalue weighted by Crippen LogP contribution is 2.54. The number of hydrogen-bond donors (Lipinski definition) is 3. The van der Waals surface area contributed by atoms with Crippen LogP contribution < -0.4 is 10.6 Å². The Labute approximate surface area is 169 Å². The summed E-state index contributed by atoms with van der Waals surface area (Å²) in [7, 11) is 1.56. The number of carbonyl (C=O) groups excluding carboxylic acids is 3. The first-order chi connectivity index (χ1) is 13.7. The molecule has 1 aromatic carbocycles. The normalized spacial score (nSPS) is 31.4. The quantitative estimate of drug-likeness (QED) is 0.488. The number of likely N-dealkylation sites (tertiary alicyclic amines) is 1. The van der Waals surface area contributed by atoms with Gasteiger partial charge in [-0.2, -0.15) is 0 Å². The molecule has 4 rings (SSSR count). The molecule has 156 valence electrons. The van der Waals surface area contributed by atoms with Gasteiger partial charge in [0.1, 0.15) is 5.54 Å². The summed E-state index contributed by atoms with van der Waals surface area (Å²) in [6.07, 6.45) is -0.380. The van der Waals surface area contributed by atoms with E-state index < -0.39 is 29.5 Å². The van der Waals surface area contributed by atoms with E-state index in [0.29, 0.717) is 24.3 Å². The number of aliphatic hydroxyl groups is 1. The average molecular weight is 401 g/mol. The molecule has 1 spiro atoms. The Morgan fingerprint density at radius 1 is 1.24 bits per heavy atom. The summed E-state index contributed by atoms with van der Waals surface area (Å²) < 4.78 is 5.04. The summed E-state index contributed by atoms with van der Waals surface area (Å²) in [5.74, 6) is -2.73. The molecule has 0 aromatic heterocycles. The maximum Gasteiger partial charge on any atom is 0.250 e. The van der Waals surface area contributed by atoms with Crippen LogP contribution in [0.3, 0.4) is 0 Å². The van der Waals surface area contributed by atoms with Gasteiger partial charge in [-0.1, -0.05) is 17.7 Å². The zero-order valence-electron chi connectivity index (χ0n) is 17.1. The molecule has 0 unspecified atom stereocenters. The Bertz CT molecular complexity index is 899. The molecule has 5 atom stereocenters. The topological polar surface area (TPSA) is 108 Å². The van der Waals surface area contributed by atoms with Gasteiger partial charge in [0.05, 0.1) is 17.9 Å². The number of carbonyl (C=O) groups is 3. The Balaban J connectivity index is 1.84. The third kappa shape index (κ3) is 2.66. The number of nitrogens with one attached hydrogen (secondary N) is 2. The Morgan fingerprint density at radius 3 is 2.62 bits per heavy atom. The van der Waals surface area contributed by atoms with Crippen molar-refractivity contribution in [2.24, 2.45) is 11.8 Å². The number of aryl methyl sites for hydroxylation is 2. The molecule has 8 heteroatoms. The monoisotopic (exact) mass is 401 g/mol. The summed E-state index contributed by atoms with van der Waals surface area (Å²) in [6, 6.07) is 3.16. The van der Waals surface area contributed by atoms with Gasteiger partial charge in [0.2, 0.25) is 17.7 Å². The van der Waals surface area contributed by atoms with E-state index in [1.54, 1.807) is 14.0 Å². The fourth-order valence-electron chi connectivity index (χ4n) is 5.25. The molecule has 3 aliphatic heterocycles. The molecule has 3 amide bonds. The maximum atomic E-state index is 13.4. The van der Waals surface area contributed by atoms with Crippen molar-refractivity contribution in [3.8, 4) is 0 Å². The molecule has 29 heavy (non-hydrogen) atoms. The van der Waals surface area contributed by atoms with Crippen LogP contribution in [0.4, 0.5) is 5.69 Å². The number of nitrogens with zero attached hydrogens (tertiary/aromatic N) is 1. The Hall–Kier alpha value is -2.29. The van der Waals surface area contributed by atoms with Crippen molar-refractivity contribution in [3.05, 3.63) is 28.8 Å². The van der Waals surface area contributed by atoms with Crippen LogP contribution in [-0.2, 0) is 24.7 Å². The van der Waals surface area contributed by atoms with Gasteiger partial charge >= 0.3 is 0 Å². The average Bonchev–Trinajstić information content (AvgIpc) is 3.24. The highest BCUT2D eigenvalue weighted by molar-refractivity contribution is 6.15. The van der Waals surface area contributed by atoms with Crippen molar-refractivity contribution in [2.45, 2.75) is 44.9 Å². The van der Waals surface area contributed by atoms with Crippen molar-refractivity contribution in [2.75, 3.05) is 25.6 Å². The van der Waals surface area contributed by atoms with Crippen LogP contribution in [0, 0.1) is 25.7 Å². The molecule has 1 aromatic rings. The number of imide groups is 1. The van der Waals surface area contributed by atoms with E-state index in [9.17, 15) is 19.5 Å². The van der Waals surface area contributed by atoms with Crippen molar-refractivity contribution in [3.63, 3.8) is 0 Å². The number of ether oxygens (including phenoxy) is 1. The third-order valence-corrected chi connectivity index (χ3v) is 6.44. The molecule has 0 bridgehead atoms. The summed E-state index contributed by atoms with van der Waals surface area (Å²) in [5.41, 5.74) is 1.86. The highest BCUT2D eigenvalue weighted by Gasteiger charge is 2.71. The van der Waals surface area contributed by atoms with Crippen LogP contribution in [0.15, 0.2) is 12.1 Å². The van der Waals surface area contributed by atoms with E-state index in [4.69, 9.17) is 4.74 Å². The summed E-state index contributed by atoms with van der Waals surface area (Å²) in [4.78, 5) is 41.1. The molecular weight excluding hydrogens is 374 g/mol. The van der Waals surface area contributed by atoms with Crippen molar-refractivity contribution in [1.29, 1.82) is 0 Å². The van der Waals surface area contributed by atoms with Crippen molar-refractivity contribution in [1.82, 2.24) is 10.2 Å². The minimum absolute atomic E-state index is 0.239. The fourth-order valence-corrected chi connectivity index (χ4v) is 5.25. The first-order valence-electron chi connectivity index (χ1n) is 9.97. The highest BCUT2D eigenvalue weighted by atomic mass is 16.5. The van der Waals surface area contributed by atoms with Crippen LogP contribution in [0.5, 0.6) is 0 Å². The van der Waals surface area contributed by atoms with E-state index in [2.05, 4.69) is 10.6 Å². The number of benzene rings is 1. The molecule has 0 radical (unpaired) electrons. The Kier molecular flexibility index (Phi) is 4.76. The second-order valence-corrected chi connectivity index (χ2v) is 8.36. The molecule has 0 aliphatic carbocycles. The number of methoxy groups -OCH3 is 1. The number of amides is 3. The lowest BCUT2D eigenvalue weighted by atomic mass is 9.75. The van der Waals surface area contributed by atoms with E-state index in [1.165, 1.54) is 4.90 Å². The Morgan fingerprint density at radius 2 is 1.97 bits per heavy atom. The second kappa shape index (κ2) is 6.90. The van der Waals surface area contributed by atoms with Crippen LogP contribution in [0.2, 0.25) is 0 Å².